The molecule has 6 nitrogen and oxygen atoms in total. The molecule has 21 heavy (non-hydrogen) atoms. The van der Waals surface area contributed by atoms with Gasteiger partial charge in [-0.3, -0.25) is 4.90 Å². The van der Waals surface area contributed by atoms with E-state index in [-0.39, 0.29) is 0 Å². The lowest BCUT2D eigenvalue weighted by molar-refractivity contribution is 0.0118. The predicted molar refractivity (Wildman–Crippen MR) is 80.9 cm³/mol. The number of hydrogen-bond donors (Lipinski definition) is 1. The zero-order chi connectivity index (χ0) is 14.8. The highest BCUT2D eigenvalue weighted by Gasteiger charge is 2.31. The maximum Gasteiger partial charge on any atom is 0.146 e. The molecule has 1 aromatic rings. The number of likely N-dealkylation sites (tertiary alicyclic amines) is 1. The lowest BCUT2D eigenvalue weighted by Crippen LogP contribution is -2.37. The summed E-state index contributed by atoms with van der Waals surface area (Å²) in [6.07, 6.45) is 4.78. The van der Waals surface area contributed by atoms with Crippen LogP contribution in [0.2, 0.25) is 0 Å². The van der Waals surface area contributed by atoms with Crippen molar-refractivity contribution in [2.75, 3.05) is 19.7 Å². The van der Waals surface area contributed by atoms with Crippen molar-refractivity contribution >= 4 is 0 Å². The van der Waals surface area contributed by atoms with Crippen LogP contribution >= 0.6 is 0 Å². The summed E-state index contributed by atoms with van der Waals surface area (Å²) in [4.78, 5) is 2.45. The van der Waals surface area contributed by atoms with Gasteiger partial charge in [-0.15, -0.1) is 10.2 Å². The Morgan fingerprint density at radius 2 is 1.95 bits per heavy atom. The quantitative estimate of drug-likeness (QED) is 0.878. The van der Waals surface area contributed by atoms with Gasteiger partial charge in [0, 0.05) is 38.7 Å². The number of aromatic nitrogens is 3. The lowest BCUT2D eigenvalue weighted by Gasteiger charge is -2.32. The molecule has 1 saturated heterocycles. The molecule has 0 radical (unpaired) electrons. The molecule has 0 spiro atoms. The molecule has 1 aromatic heterocycles. The molecule has 1 saturated carbocycles. The van der Waals surface area contributed by atoms with Crippen LogP contribution in [0, 0.1) is 0 Å². The van der Waals surface area contributed by atoms with Gasteiger partial charge in [-0.25, -0.2) is 0 Å². The molecule has 3 rings (SSSR count). The molecule has 1 aliphatic carbocycles. The third-order valence-electron chi connectivity index (χ3n) is 4.84. The van der Waals surface area contributed by atoms with E-state index in [0.29, 0.717) is 18.1 Å². The maximum atomic E-state index is 5.87. The first-order valence-corrected chi connectivity index (χ1v) is 8.15. The van der Waals surface area contributed by atoms with E-state index in [1.807, 2.05) is 0 Å². The summed E-state index contributed by atoms with van der Waals surface area (Å²) in [6.45, 7) is 5.95. The summed E-state index contributed by atoms with van der Waals surface area (Å²) in [5.74, 6) is 2.69. The van der Waals surface area contributed by atoms with E-state index in [0.717, 1.165) is 63.6 Å². The summed E-state index contributed by atoms with van der Waals surface area (Å²) >= 11 is 0. The summed E-state index contributed by atoms with van der Waals surface area (Å²) in [6, 6.07) is 0.354. The first-order chi connectivity index (χ1) is 10.2. The van der Waals surface area contributed by atoms with Crippen LogP contribution in [0.25, 0.3) is 0 Å². The molecular formula is C15H27N5O. The Morgan fingerprint density at radius 3 is 2.57 bits per heavy atom. The molecule has 2 N–H and O–H groups in total. The lowest BCUT2D eigenvalue weighted by atomic mass is 9.80. The van der Waals surface area contributed by atoms with Crippen LogP contribution in [-0.4, -0.2) is 51.5 Å². The number of hydrogen-bond acceptors (Lipinski definition) is 5. The first kappa shape index (κ1) is 14.9. The highest BCUT2D eigenvalue weighted by molar-refractivity contribution is 5.08. The van der Waals surface area contributed by atoms with E-state index in [2.05, 4.69) is 33.6 Å². The Bertz CT molecular complexity index is 461. The number of piperidine rings is 1. The van der Waals surface area contributed by atoms with Crippen LogP contribution in [0.15, 0.2) is 0 Å². The molecule has 0 aromatic carbocycles. The van der Waals surface area contributed by atoms with Gasteiger partial charge in [0.15, 0.2) is 0 Å². The predicted octanol–water partition coefficient (Wildman–Crippen LogP) is 1.02. The number of nitrogens with two attached hydrogens (primary N) is 1. The van der Waals surface area contributed by atoms with E-state index in [1.165, 1.54) is 0 Å². The average Bonchev–Trinajstić information content (AvgIpc) is 2.79. The fourth-order valence-electron chi connectivity index (χ4n) is 3.41. The van der Waals surface area contributed by atoms with Gasteiger partial charge < -0.3 is 15.0 Å². The Kier molecular flexibility index (Phi) is 4.57. The fraction of sp³-hybridized carbons (Fsp3) is 0.867. The van der Waals surface area contributed by atoms with Crippen molar-refractivity contribution in [1.82, 2.24) is 19.7 Å². The zero-order valence-corrected chi connectivity index (χ0v) is 13.2. The van der Waals surface area contributed by atoms with Crippen LogP contribution in [-0.2, 0) is 18.3 Å². The summed E-state index contributed by atoms with van der Waals surface area (Å²) in [5.41, 5.74) is 5.87. The molecule has 2 aliphatic rings. The van der Waals surface area contributed by atoms with Crippen LogP contribution < -0.4 is 5.73 Å². The standard InChI is InChI=1S/C15H27N5O/c1-3-21-13-4-6-20(7-5-13)10-14-17-18-15(19(14)2)11-8-12(16)9-11/h11-13H,3-10,16H2,1-2H3. The third-order valence-corrected chi connectivity index (χ3v) is 4.84. The summed E-state index contributed by atoms with van der Waals surface area (Å²) in [7, 11) is 2.08. The van der Waals surface area contributed by atoms with Crippen molar-refractivity contribution in [2.24, 2.45) is 12.8 Å². The fourth-order valence-corrected chi connectivity index (χ4v) is 3.41. The second kappa shape index (κ2) is 6.42. The molecular weight excluding hydrogens is 266 g/mol. The van der Waals surface area contributed by atoms with Crippen LogP contribution in [0.5, 0.6) is 0 Å². The Hall–Kier alpha value is -0.980. The van der Waals surface area contributed by atoms with Crippen LogP contribution in [0.4, 0.5) is 0 Å². The molecule has 0 amide bonds. The summed E-state index contributed by atoms with van der Waals surface area (Å²) in [5, 5.41) is 8.78. The van der Waals surface area contributed by atoms with Gasteiger partial charge in [-0.05, 0) is 32.6 Å². The smallest absolute Gasteiger partial charge is 0.146 e. The van der Waals surface area contributed by atoms with Crippen molar-refractivity contribution in [3.05, 3.63) is 11.6 Å². The van der Waals surface area contributed by atoms with E-state index in [4.69, 9.17) is 10.5 Å². The minimum atomic E-state index is 0.354. The second-order valence-electron chi connectivity index (χ2n) is 6.39. The first-order valence-electron chi connectivity index (χ1n) is 8.15. The van der Waals surface area contributed by atoms with Gasteiger partial charge in [-0.1, -0.05) is 0 Å². The molecule has 0 unspecified atom stereocenters. The van der Waals surface area contributed by atoms with Crippen molar-refractivity contribution in [2.45, 2.75) is 57.2 Å². The van der Waals surface area contributed by atoms with E-state index in [1.54, 1.807) is 0 Å². The van der Waals surface area contributed by atoms with Crippen LogP contribution in [0.1, 0.15) is 50.2 Å². The summed E-state index contributed by atoms with van der Waals surface area (Å²) < 4.78 is 7.87. The Labute approximate surface area is 126 Å². The largest absolute Gasteiger partial charge is 0.378 e. The van der Waals surface area contributed by atoms with Crippen molar-refractivity contribution in [1.29, 1.82) is 0 Å². The SMILES string of the molecule is CCOC1CCN(Cc2nnc(C3CC(N)C3)n2C)CC1. The van der Waals surface area contributed by atoms with Gasteiger partial charge in [-0.2, -0.15) is 0 Å². The number of nitrogens with zero attached hydrogens (tertiary/aromatic N) is 4. The molecule has 2 fully saturated rings. The molecule has 118 valence electrons. The Morgan fingerprint density at radius 1 is 1.24 bits per heavy atom. The molecule has 0 atom stereocenters. The highest BCUT2D eigenvalue weighted by Crippen LogP contribution is 2.34. The zero-order valence-electron chi connectivity index (χ0n) is 13.2. The van der Waals surface area contributed by atoms with E-state index < -0.39 is 0 Å². The maximum absolute atomic E-state index is 5.87. The van der Waals surface area contributed by atoms with Gasteiger partial charge >= 0.3 is 0 Å². The molecule has 0 bridgehead atoms. The van der Waals surface area contributed by atoms with Crippen LogP contribution in [0.3, 0.4) is 0 Å². The number of ether oxygens (including phenoxy) is 1. The van der Waals surface area contributed by atoms with Crippen molar-refractivity contribution < 1.29 is 4.74 Å². The normalized spacial score (nSPS) is 27.8. The average molecular weight is 293 g/mol. The van der Waals surface area contributed by atoms with Crippen molar-refractivity contribution in [3.8, 4) is 0 Å². The van der Waals surface area contributed by atoms with Crippen molar-refractivity contribution in [3.63, 3.8) is 0 Å². The van der Waals surface area contributed by atoms with Gasteiger partial charge in [0.05, 0.1) is 12.6 Å². The highest BCUT2D eigenvalue weighted by atomic mass is 16.5. The Balaban J connectivity index is 1.54. The van der Waals surface area contributed by atoms with Gasteiger partial charge in [0.1, 0.15) is 11.6 Å². The monoisotopic (exact) mass is 293 g/mol. The number of rotatable bonds is 5. The van der Waals surface area contributed by atoms with Gasteiger partial charge in [0.2, 0.25) is 0 Å². The topological polar surface area (TPSA) is 69.2 Å². The third kappa shape index (κ3) is 3.27. The molecule has 2 heterocycles. The molecule has 6 heteroatoms. The minimum absolute atomic E-state index is 0.354. The molecule has 1 aliphatic heterocycles. The van der Waals surface area contributed by atoms with E-state index in [9.17, 15) is 0 Å². The van der Waals surface area contributed by atoms with E-state index >= 15 is 0 Å². The minimum Gasteiger partial charge on any atom is -0.378 e. The van der Waals surface area contributed by atoms with Gasteiger partial charge in [0.25, 0.3) is 0 Å². The second-order valence-corrected chi connectivity index (χ2v) is 6.39.